The number of hydrogen-bond donors (Lipinski definition) is 1. The van der Waals surface area contributed by atoms with Crippen molar-refractivity contribution in [2.75, 3.05) is 0 Å². The first-order chi connectivity index (χ1) is 11.4. The van der Waals surface area contributed by atoms with Crippen molar-refractivity contribution in [3.63, 3.8) is 0 Å². The van der Waals surface area contributed by atoms with Gasteiger partial charge in [-0.15, -0.1) is 18.3 Å². The van der Waals surface area contributed by atoms with Crippen LogP contribution in [0.15, 0.2) is 77.0 Å². The lowest BCUT2D eigenvalue weighted by Gasteiger charge is -2.19. The van der Waals surface area contributed by atoms with Gasteiger partial charge in [0.1, 0.15) is 0 Å². The predicted octanol–water partition coefficient (Wildman–Crippen LogP) is 4.40. The van der Waals surface area contributed by atoms with Crippen molar-refractivity contribution in [3.8, 4) is 0 Å². The van der Waals surface area contributed by atoms with Gasteiger partial charge in [0.15, 0.2) is 0 Å². The van der Waals surface area contributed by atoms with Crippen LogP contribution in [0.2, 0.25) is 0 Å². The Kier molecular flexibility index (Phi) is 6.66. The molecule has 2 unspecified atom stereocenters. The fraction of sp³-hybridized carbons (Fsp3) is 0.263. The van der Waals surface area contributed by atoms with Crippen LogP contribution in [0.5, 0.6) is 0 Å². The normalized spacial score (nSPS) is 14.1. The summed E-state index contributed by atoms with van der Waals surface area (Å²) in [4.78, 5) is 1.45. The Morgan fingerprint density at radius 3 is 2.33 bits per heavy atom. The Hall–Kier alpha value is -1.56. The minimum Gasteiger partial charge on any atom is -0.208 e. The summed E-state index contributed by atoms with van der Waals surface area (Å²) in [7, 11) is -3.50. The van der Waals surface area contributed by atoms with Gasteiger partial charge in [0.25, 0.3) is 0 Å². The van der Waals surface area contributed by atoms with E-state index in [2.05, 4.69) is 11.3 Å². The Labute approximate surface area is 149 Å². The van der Waals surface area contributed by atoms with Gasteiger partial charge in [0, 0.05) is 16.2 Å². The van der Waals surface area contributed by atoms with Crippen LogP contribution < -0.4 is 4.72 Å². The van der Waals surface area contributed by atoms with Crippen molar-refractivity contribution in [1.29, 1.82) is 0 Å². The molecule has 0 aliphatic carbocycles. The van der Waals surface area contributed by atoms with Gasteiger partial charge in [-0.2, -0.15) is 0 Å². The molecule has 0 bridgehead atoms. The monoisotopic (exact) mass is 361 g/mol. The maximum Gasteiger partial charge on any atom is 0.240 e. The summed E-state index contributed by atoms with van der Waals surface area (Å²) in [6, 6.07) is 16.7. The second-order valence-electron chi connectivity index (χ2n) is 5.78. The van der Waals surface area contributed by atoms with E-state index >= 15 is 0 Å². The Morgan fingerprint density at radius 1 is 1.12 bits per heavy atom. The van der Waals surface area contributed by atoms with Gasteiger partial charge in [-0.3, -0.25) is 0 Å². The van der Waals surface area contributed by atoms with Crippen LogP contribution >= 0.6 is 11.8 Å². The molecule has 24 heavy (non-hydrogen) atoms. The van der Waals surface area contributed by atoms with Crippen LogP contribution in [0.4, 0.5) is 0 Å². The van der Waals surface area contributed by atoms with Gasteiger partial charge in [-0.25, -0.2) is 13.1 Å². The number of thioether (sulfide) groups is 1. The highest BCUT2D eigenvalue weighted by molar-refractivity contribution is 8.00. The van der Waals surface area contributed by atoms with Crippen LogP contribution in [0.3, 0.4) is 0 Å². The van der Waals surface area contributed by atoms with Crippen molar-refractivity contribution in [1.82, 2.24) is 4.72 Å². The molecule has 2 atom stereocenters. The third-order valence-electron chi connectivity index (χ3n) is 3.57. The maximum atomic E-state index is 12.4. The first-order valence-electron chi connectivity index (χ1n) is 7.84. The molecule has 0 spiro atoms. The first-order valence-corrected chi connectivity index (χ1v) is 10.2. The Bertz CT molecular complexity index is 756. The van der Waals surface area contributed by atoms with Crippen molar-refractivity contribution in [2.45, 2.75) is 41.4 Å². The van der Waals surface area contributed by atoms with Crippen LogP contribution in [-0.4, -0.2) is 19.7 Å². The molecule has 0 amide bonds. The molecule has 0 fully saturated rings. The summed E-state index contributed by atoms with van der Waals surface area (Å²) >= 11 is 1.69. The van der Waals surface area contributed by atoms with E-state index in [9.17, 15) is 8.42 Å². The molecule has 0 aliphatic rings. The highest BCUT2D eigenvalue weighted by atomic mass is 32.2. The standard InChI is InChI=1S/C19H23NO2S2/c1-4-17(23-18-8-6-5-7-9-18)14-16(3)20-24(21,22)19-12-10-15(2)11-13-19/h4-13,16-17,20H,1,14H2,2-3H3. The molecule has 2 aromatic carbocycles. The molecule has 0 heterocycles. The highest BCUT2D eigenvalue weighted by Gasteiger charge is 2.19. The van der Waals surface area contributed by atoms with E-state index in [-0.39, 0.29) is 11.3 Å². The minimum absolute atomic E-state index is 0.142. The maximum absolute atomic E-state index is 12.4. The second kappa shape index (κ2) is 8.51. The highest BCUT2D eigenvalue weighted by Crippen LogP contribution is 2.27. The zero-order valence-corrected chi connectivity index (χ0v) is 15.6. The number of aryl methyl sites for hydroxylation is 1. The third kappa shape index (κ3) is 5.51. The summed E-state index contributed by atoms with van der Waals surface area (Å²) in [6.07, 6.45) is 2.54. The van der Waals surface area contributed by atoms with E-state index in [1.165, 1.54) is 0 Å². The Balaban J connectivity index is 1.99. The molecule has 1 N–H and O–H groups in total. The van der Waals surface area contributed by atoms with Crippen LogP contribution in [0.1, 0.15) is 18.9 Å². The topological polar surface area (TPSA) is 46.2 Å². The van der Waals surface area contributed by atoms with E-state index in [1.807, 2.05) is 50.3 Å². The SMILES string of the molecule is C=CC(CC(C)NS(=O)(=O)c1ccc(C)cc1)Sc1ccccc1. The quantitative estimate of drug-likeness (QED) is 0.560. The summed E-state index contributed by atoms with van der Waals surface area (Å²) in [5.41, 5.74) is 1.04. The van der Waals surface area contributed by atoms with Gasteiger partial charge < -0.3 is 0 Å². The molecule has 128 valence electrons. The molecule has 0 saturated heterocycles. The first kappa shape index (κ1) is 18.8. The molecular weight excluding hydrogens is 338 g/mol. The third-order valence-corrected chi connectivity index (χ3v) is 6.40. The van der Waals surface area contributed by atoms with E-state index in [1.54, 1.807) is 36.0 Å². The zero-order chi connectivity index (χ0) is 17.6. The van der Waals surface area contributed by atoms with Crippen molar-refractivity contribution in [3.05, 3.63) is 72.8 Å². The van der Waals surface area contributed by atoms with Gasteiger partial charge in [0.2, 0.25) is 10.0 Å². The largest absolute Gasteiger partial charge is 0.240 e. The average Bonchev–Trinajstić information content (AvgIpc) is 2.55. The van der Waals surface area contributed by atoms with Crippen LogP contribution in [0, 0.1) is 6.92 Å². The molecule has 0 saturated carbocycles. The van der Waals surface area contributed by atoms with Crippen molar-refractivity contribution >= 4 is 21.8 Å². The van der Waals surface area contributed by atoms with Crippen molar-refractivity contribution < 1.29 is 8.42 Å². The van der Waals surface area contributed by atoms with Gasteiger partial charge in [-0.05, 0) is 44.5 Å². The summed E-state index contributed by atoms with van der Waals surface area (Å²) < 4.78 is 27.6. The lowest BCUT2D eigenvalue weighted by atomic mass is 10.2. The van der Waals surface area contributed by atoms with Gasteiger partial charge in [-0.1, -0.05) is 42.0 Å². The number of sulfonamides is 1. The minimum atomic E-state index is -3.50. The molecule has 2 aromatic rings. The number of benzene rings is 2. The average molecular weight is 362 g/mol. The van der Waals surface area contributed by atoms with Crippen LogP contribution in [0.25, 0.3) is 0 Å². The Morgan fingerprint density at radius 2 is 1.75 bits per heavy atom. The van der Waals surface area contributed by atoms with Gasteiger partial charge >= 0.3 is 0 Å². The number of nitrogens with one attached hydrogen (secondary N) is 1. The van der Waals surface area contributed by atoms with E-state index in [4.69, 9.17) is 0 Å². The molecular formula is C19H23NO2S2. The van der Waals surface area contributed by atoms with Crippen molar-refractivity contribution in [2.24, 2.45) is 0 Å². The van der Waals surface area contributed by atoms with E-state index in [0.29, 0.717) is 11.3 Å². The fourth-order valence-corrected chi connectivity index (χ4v) is 4.71. The fourth-order valence-electron chi connectivity index (χ4n) is 2.31. The predicted molar refractivity (Wildman–Crippen MR) is 102 cm³/mol. The van der Waals surface area contributed by atoms with E-state index < -0.39 is 10.0 Å². The van der Waals surface area contributed by atoms with E-state index in [0.717, 1.165) is 10.5 Å². The molecule has 2 rings (SSSR count). The second-order valence-corrected chi connectivity index (χ2v) is 8.80. The zero-order valence-electron chi connectivity index (χ0n) is 14.0. The summed E-state index contributed by atoms with van der Waals surface area (Å²) in [6.45, 7) is 7.69. The molecule has 0 aromatic heterocycles. The summed E-state index contributed by atoms with van der Waals surface area (Å²) in [5.74, 6) is 0. The molecule has 0 aliphatic heterocycles. The van der Waals surface area contributed by atoms with Gasteiger partial charge in [0.05, 0.1) is 4.90 Å². The molecule has 5 heteroatoms. The lowest BCUT2D eigenvalue weighted by Crippen LogP contribution is -2.34. The lowest BCUT2D eigenvalue weighted by molar-refractivity contribution is 0.551. The smallest absolute Gasteiger partial charge is 0.208 e. The van der Waals surface area contributed by atoms with Crippen LogP contribution in [-0.2, 0) is 10.0 Å². The molecule has 3 nitrogen and oxygen atoms in total. The molecule has 0 radical (unpaired) electrons. The summed E-state index contributed by atoms with van der Waals surface area (Å²) in [5, 5.41) is 0.142. The number of hydrogen-bond acceptors (Lipinski definition) is 3. The number of rotatable bonds is 8.